The first-order chi connectivity index (χ1) is 11.9. The molecule has 2 aromatic carbocycles. The topological polar surface area (TPSA) is 137 Å². The van der Waals surface area contributed by atoms with Crippen LogP contribution in [0.4, 0.5) is 5.69 Å². The summed E-state index contributed by atoms with van der Waals surface area (Å²) < 4.78 is 4.99. The zero-order valence-electron chi connectivity index (χ0n) is 12.5. The Balaban J connectivity index is 2.00. The van der Waals surface area contributed by atoms with Crippen LogP contribution in [-0.2, 0) is 0 Å². The molecule has 0 atom stereocenters. The number of carboxylic acids is 1. The zero-order valence-corrected chi connectivity index (χ0v) is 12.5. The Hall–Kier alpha value is -3.81. The number of fused-ring (bicyclic) bond motifs is 1. The molecule has 3 rings (SSSR count). The molecule has 0 aliphatic carbocycles. The number of hydrogen-bond acceptors (Lipinski definition) is 6. The lowest BCUT2D eigenvalue weighted by Crippen LogP contribution is -2.21. The first kappa shape index (κ1) is 16.1. The van der Waals surface area contributed by atoms with Gasteiger partial charge in [-0.2, -0.15) is 0 Å². The second-order valence-electron chi connectivity index (χ2n) is 5.13. The van der Waals surface area contributed by atoms with Gasteiger partial charge >= 0.3 is 11.6 Å². The molecule has 1 heterocycles. The van der Waals surface area contributed by atoms with Gasteiger partial charge in [0.05, 0.1) is 5.69 Å². The number of rotatable bonds is 3. The molecule has 8 heteroatoms. The molecule has 0 fully saturated rings. The van der Waals surface area contributed by atoms with Crippen LogP contribution in [0.3, 0.4) is 0 Å². The summed E-state index contributed by atoms with van der Waals surface area (Å²) >= 11 is 0. The number of benzene rings is 2. The van der Waals surface area contributed by atoms with Crippen LogP contribution in [0.1, 0.15) is 20.7 Å². The van der Waals surface area contributed by atoms with Crippen molar-refractivity contribution in [3.05, 3.63) is 64.0 Å². The van der Waals surface area contributed by atoms with E-state index in [0.29, 0.717) is 5.39 Å². The van der Waals surface area contributed by atoms with Gasteiger partial charge in [-0.1, -0.05) is 6.07 Å². The number of aromatic carboxylic acids is 1. The number of carbonyl (C=O) groups is 2. The van der Waals surface area contributed by atoms with Crippen LogP contribution in [0.15, 0.2) is 51.7 Å². The normalized spacial score (nSPS) is 10.6. The highest BCUT2D eigenvalue weighted by Crippen LogP contribution is 2.28. The van der Waals surface area contributed by atoms with E-state index >= 15 is 0 Å². The van der Waals surface area contributed by atoms with Crippen molar-refractivity contribution in [2.75, 3.05) is 5.32 Å². The Kier molecular flexibility index (Phi) is 3.86. The van der Waals surface area contributed by atoms with Crippen molar-refractivity contribution < 1.29 is 29.3 Å². The standard InChI is InChI=1S/C17H11NO7/c19-9-5-4-8-6-11(17(24)25-13(8)7-9)15(21)18-12-3-1-2-10(14(12)20)16(22)23/h1-7,19-20H,(H,18,21)(H,22,23). The molecule has 1 amide bonds. The summed E-state index contributed by atoms with van der Waals surface area (Å²) in [6.45, 7) is 0. The number of phenolic OH excluding ortho intramolecular Hbond substituents is 1. The Morgan fingerprint density at radius 3 is 2.48 bits per heavy atom. The van der Waals surface area contributed by atoms with Crippen molar-refractivity contribution in [3.63, 3.8) is 0 Å². The summed E-state index contributed by atoms with van der Waals surface area (Å²) in [5.74, 6) is -2.96. The van der Waals surface area contributed by atoms with Gasteiger partial charge in [0.2, 0.25) is 0 Å². The minimum atomic E-state index is -1.36. The molecule has 0 radical (unpaired) electrons. The van der Waals surface area contributed by atoms with Crippen molar-refractivity contribution in [1.82, 2.24) is 0 Å². The molecule has 126 valence electrons. The van der Waals surface area contributed by atoms with Crippen molar-refractivity contribution in [3.8, 4) is 11.5 Å². The number of nitrogens with one attached hydrogen (secondary N) is 1. The van der Waals surface area contributed by atoms with Gasteiger partial charge in [-0.05, 0) is 30.3 Å². The van der Waals surface area contributed by atoms with Crippen molar-refractivity contribution in [1.29, 1.82) is 0 Å². The molecule has 25 heavy (non-hydrogen) atoms. The number of aromatic hydroxyl groups is 2. The predicted octanol–water partition coefficient (Wildman–Crippen LogP) is 2.15. The lowest BCUT2D eigenvalue weighted by atomic mass is 10.1. The van der Waals surface area contributed by atoms with Crippen molar-refractivity contribution >= 4 is 28.5 Å². The largest absolute Gasteiger partial charge is 0.508 e. The van der Waals surface area contributed by atoms with E-state index in [0.717, 1.165) is 0 Å². The highest BCUT2D eigenvalue weighted by atomic mass is 16.4. The maximum absolute atomic E-state index is 12.3. The van der Waals surface area contributed by atoms with Crippen LogP contribution < -0.4 is 10.9 Å². The van der Waals surface area contributed by atoms with E-state index in [2.05, 4.69) is 5.32 Å². The Morgan fingerprint density at radius 1 is 1.00 bits per heavy atom. The molecule has 8 nitrogen and oxygen atoms in total. The third-order valence-electron chi connectivity index (χ3n) is 3.48. The van der Waals surface area contributed by atoms with Gasteiger partial charge in [0.25, 0.3) is 5.91 Å². The fraction of sp³-hybridized carbons (Fsp3) is 0. The number of anilines is 1. The molecule has 0 bridgehead atoms. The molecule has 0 saturated heterocycles. The third-order valence-corrected chi connectivity index (χ3v) is 3.48. The fourth-order valence-electron chi connectivity index (χ4n) is 2.26. The fourth-order valence-corrected chi connectivity index (χ4v) is 2.26. The van der Waals surface area contributed by atoms with Crippen LogP contribution in [0, 0.1) is 0 Å². The van der Waals surface area contributed by atoms with E-state index in [9.17, 15) is 24.6 Å². The maximum Gasteiger partial charge on any atom is 0.349 e. The van der Waals surface area contributed by atoms with Gasteiger partial charge in [-0.3, -0.25) is 4.79 Å². The lowest BCUT2D eigenvalue weighted by Gasteiger charge is -2.09. The second kappa shape index (κ2) is 6.00. The molecule has 1 aromatic heterocycles. The molecule has 0 unspecified atom stereocenters. The second-order valence-corrected chi connectivity index (χ2v) is 5.13. The van der Waals surface area contributed by atoms with Gasteiger partial charge in [0.1, 0.15) is 22.5 Å². The van der Waals surface area contributed by atoms with E-state index in [1.807, 2.05) is 0 Å². The quantitative estimate of drug-likeness (QED) is 0.423. The number of phenols is 2. The smallest absolute Gasteiger partial charge is 0.349 e. The number of carbonyl (C=O) groups excluding carboxylic acids is 1. The van der Waals surface area contributed by atoms with Crippen LogP contribution in [-0.4, -0.2) is 27.2 Å². The van der Waals surface area contributed by atoms with Crippen LogP contribution >= 0.6 is 0 Å². The van der Waals surface area contributed by atoms with E-state index in [-0.39, 0.29) is 28.1 Å². The number of carboxylic acid groups (broad SMARTS) is 1. The summed E-state index contributed by atoms with van der Waals surface area (Å²) in [5, 5.41) is 30.9. The Morgan fingerprint density at radius 2 is 1.76 bits per heavy atom. The minimum absolute atomic E-state index is 0.0942. The highest BCUT2D eigenvalue weighted by molar-refractivity contribution is 6.07. The average molecular weight is 341 g/mol. The average Bonchev–Trinajstić information content (AvgIpc) is 2.55. The van der Waals surface area contributed by atoms with Crippen molar-refractivity contribution in [2.24, 2.45) is 0 Å². The number of amides is 1. The Labute approximate surface area is 139 Å². The predicted molar refractivity (Wildman–Crippen MR) is 87.2 cm³/mol. The Bertz CT molecular complexity index is 1070. The van der Waals surface area contributed by atoms with Gasteiger partial charge in [-0.15, -0.1) is 0 Å². The highest BCUT2D eigenvalue weighted by Gasteiger charge is 2.18. The van der Waals surface area contributed by atoms with E-state index < -0.39 is 23.3 Å². The van der Waals surface area contributed by atoms with Crippen molar-refractivity contribution in [2.45, 2.75) is 0 Å². The minimum Gasteiger partial charge on any atom is -0.508 e. The van der Waals surface area contributed by atoms with E-state index in [1.165, 1.54) is 42.5 Å². The summed E-state index contributed by atoms with van der Waals surface area (Å²) in [6, 6.07) is 9.14. The number of para-hydroxylation sites is 1. The van der Waals surface area contributed by atoms with Crippen LogP contribution in [0.5, 0.6) is 11.5 Å². The first-order valence-electron chi connectivity index (χ1n) is 7.00. The van der Waals surface area contributed by atoms with Crippen LogP contribution in [0.2, 0.25) is 0 Å². The molecule has 3 aromatic rings. The summed E-state index contributed by atoms with van der Waals surface area (Å²) in [4.78, 5) is 35.3. The van der Waals surface area contributed by atoms with Gasteiger partial charge in [0, 0.05) is 11.5 Å². The zero-order chi connectivity index (χ0) is 18.1. The first-order valence-corrected chi connectivity index (χ1v) is 7.00. The van der Waals surface area contributed by atoms with E-state index in [4.69, 9.17) is 9.52 Å². The van der Waals surface area contributed by atoms with E-state index in [1.54, 1.807) is 0 Å². The maximum atomic E-state index is 12.3. The third kappa shape index (κ3) is 3.00. The molecule has 0 aliphatic rings. The molecule has 0 spiro atoms. The molecule has 0 aliphatic heterocycles. The monoisotopic (exact) mass is 341 g/mol. The SMILES string of the molecule is O=C(O)c1cccc(NC(=O)c2cc3ccc(O)cc3oc2=O)c1O. The van der Waals surface area contributed by atoms with Crippen LogP contribution in [0.25, 0.3) is 11.0 Å². The molecular weight excluding hydrogens is 330 g/mol. The van der Waals surface area contributed by atoms with Gasteiger partial charge < -0.3 is 25.1 Å². The summed E-state index contributed by atoms with van der Waals surface area (Å²) in [6.07, 6.45) is 0. The lowest BCUT2D eigenvalue weighted by molar-refractivity contribution is 0.0693. The van der Waals surface area contributed by atoms with Gasteiger partial charge in [-0.25, -0.2) is 9.59 Å². The molecule has 0 saturated carbocycles. The van der Waals surface area contributed by atoms with Gasteiger partial charge in [0.15, 0.2) is 5.75 Å². The number of hydrogen-bond donors (Lipinski definition) is 4. The summed E-state index contributed by atoms with van der Waals surface area (Å²) in [5.41, 5.74) is -1.71. The molecule has 4 N–H and O–H groups in total. The summed E-state index contributed by atoms with van der Waals surface area (Å²) in [7, 11) is 0. The molecular formula is C17H11NO7.